The molecule has 136 valence electrons. The molecule has 4 aliphatic rings. The maximum Gasteiger partial charge on any atom is 0.133 e. The van der Waals surface area contributed by atoms with E-state index in [1.165, 1.54) is 51.4 Å². The Labute approximate surface area is 149 Å². The lowest BCUT2D eigenvalue weighted by molar-refractivity contribution is -0.140. The molecule has 8 atom stereocenters. The van der Waals surface area contributed by atoms with E-state index in [4.69, 9.17) is 0 Å². The fraction of sp³-hybridized carbons (Fsp3) is 0.957. The third-order valence-corrected chi connectivity index (χ3v) is 9.89. The molecule has 0 bridgehead atoms. The summed E-state index contributed by atoms with van der Waals surface area (Å²) < 4.78 is 0. The van der Waals surface area contributed by atoms with Crippen LogP contribution in [0.4, 0.5) is 0 Å². The van der Waals surface area contributed by atoms with E-state index < -0.39 is 0 Å². The first-order chi connectivity index (χ1) is 11.4. The number of rotatable bonds is 2. The van der Waals surface area contributed by atoms with Gasteiger partial charge in [0.1, 0.15) is 5.78 Å². The average Bonchev–Trinajstić information content (AvgIpc) is 2.92. The van der Waals surface area contributed by atoms with Gasteiger partial charge in [-0.1, -0.05) is 34.1 Å². The third-order valence-electron chi connectivity index (χ3n) is 9.89. The Kier molecular flexibility index (Phi) is 4.17. The SMILES string of the molecule is CCC(C)C1CCC2[C@@H]3CC[C@H]4CC(=O)CC[C@]4(C)C3CC[C@]12C. The first-order valence-corrected chi connectivity index (χ1v) is 10.9. The van der Waals surface area contributed by atoms with Gasteiger partial charge in [0, 0.05) is 12.8 Å². The Bertz CT molecular complexity index is 510. The van der Waals surface area contributed by atoms with Crippen molar-refractivity contribution in [1.82, 2.24) is 0 Å². The van der Waals surface area contributed by atoms with Gasteiger partial charge < -0.3 is 0 Å². The Balaban J connectivity index is 1.60. The predicted molar refractivity (Wildman–Crippen MR) is 99.7 cm³/mol. The van der Waals surface area contributed by atoms with Crippen LogP contribution in [0, 0.1) is 46.3 Å². The minimum absolute atomic E-state index is 0.479. The summed E-state index contributed by atoms with van der Waals surface area (Å²) in [6.45, 7) is 10.1. The van der Waals surface area contributed by atoms with Crippen LogP contribution in [-0.2, 0) is 4.79 Å². The second-order valence-corrected chi connectivity index (χ2v) is 10.5. The van der Waals surface area contributed by atoms with Gasteiger partial charge in [-0.15, -0.1) is 0 Å². The Morgan fingerprint density at radius 1 is 1.00 bits per heavy atom. The molecule has 0 radical (unpaired) electrons. The molecule has 0 aromatic rings. The zero-order valence-electron chi connectivity index (χ0n) is 16.4. The van der Waals surface area contributed by atoms with Crippen LogP contribution in [0.25, 0.3) is 0 Å². The van der Waals surface area contributed by atoms with Crippen molar-refractivity contribution in [1.29, 1.82) is 0 Å². The minimum Gasteiger partial charge on any atom is -0.300 e. The maximum absolute atomic E-state index is 12.0. The summed E-state index contributed by atoms with van der Waals surface area (Å²) in [5.41, 5.74) is 1.09. The standard InChI is InChI=1S/C23H38O/c1-5-15(2)19-8-9-20-18-7-6-16-14-17(24)10-12-22(16,3)21(18)11-13-23(19,20)4/h15-16,18-21H,5-14H2,1-4H3/t15?,16-,18-,19?,20?,21?,22-,23+/m0/s1. The number of carbonyl (C=O) groups is 1. The quantitative estimate of drug-likeness (QED) is 0.584. The van der Waals surface area contributed by atoms with Crippen molar-refractivity contribution < 1.29 is 4.79 Å². The second-order valence-electron chi connectivity index (χ2n) is 10.5. The van der Waals surface area contributed by atoms with Crippen LogP contribution in [-0.4, -0.2) is 5.78 Å². The maximum atomic E-state index is 12.0. The van der Waals surface area contributed by atoms with Crippen molar-refractivity contribution in [3.63, 3.8) is 0 Å². The lowest BCUT2D eigenvalue weighted by Crippen LogP contribution is -2.53. The molecule has 4 rings (SSSR count). The van der Waals surface area contributed by atoms with Crippen LogP contribution < -0.4 is 0 Å². The molecule has 0 N–H and O–H groups in total. The number of ketones is 1. The van der Waals surface area contributed by atoms with Gasteiger partial charge in [-0.05, 0) is 91.3 Å². The van der Waals surface area contributed by atoms with Gasteiger partial charge in [-0.3, -0.25) is 4.79 Å². The summed E-state index contributed by atoms with van der Waals surface area (Å²) in [6.07, 6.45) is 13.0. The van der Waals surface area contributed by atoms with Gasteiger partial charge in [0.15, 0.2) is 0 Å². The third kappa shape index (κ3) is 2.28. The average molecular weight is 331 g/mol. The molecular weight excluding hydrogens is 292 g/mol. The molecule has 1 heteroatoms. The van der Waals surface area contributed by atoms with Crippen LogP contribution in [0.15, 0.2) is 0 Å². The molecule has 0 aromatic heterocycles. The molecule has 1 nitrogen and oxygen atoms in total. The van der Waals surface area contributed by atoms with Crippen molar-refractivity contribution in [2.24, 2.45) is 46.3 Å². The molecule has 4 fully saturated rings. The van der Waals surface area contributed by atoms with Crippen molar-refractivity contribution >= 4 is 5.78 Å². The lowest BCUT2D eigenvalue weighted by Gasteiger charge is -2.60. The lowest BCUT2D eigenvalue weighted by atomic mass is 9.44. The Morgan fingerprint density at radius 3 is 2.50 bits per heavy atom. The summed E-state index contributed by atoms with van der Waals surface area (Å²) in [5.74, 6) is 5.98. The summed E-state index contributed by atoms with van der Waals surface area (Å²) in [4.78, 5) is 12.0. The van der Waals surface area contributed by atoms with Gasteiger partial charge in [-0.2, -0.15) is 0 Å². The minimum atomic E-state index is 0.479. The fourth-order valence-corrected chi connectivity index (χ4v) is 8.31. The largest absolute Gasteiger partial charge is 0.300 e. The van der Waals surface area contributed by atoms with Gasteiger partial charge in [-0.25, -0.2) is 0 Å². The van der Waals surface area contributed by atoms with E-state index in [-0.39, 0.29) is 0 Å². The fourth-order valence-electron chi connectivity index (χ4n) is 8.31. The van der Waals surface area contributed by atoms with Gasteiger partial charge in [0.25, 0.3) is 0 Å². The van der Waals surface area contributed by atoms with Crippen molar-refractivity contribution in [3.8, 4) is 0 Å². The molecule has 0 spiro atoms. The van der Waals surface area contributed by atoms with E-state index in [0.717, 1.165) is 42.4 Å². The molecule has 4 unspecified atom stereocenters. The topological polar surface area (TPSA) is 17.1 Å². The zero-order valence-corrected chi connectivity index (χ0v) is 16.4. The van der Waals surface area contributed by atoms with Crippen molar-refractivity contribution in [2.45, 2.75) is 91.9 Å². The molecule has 0 amide bonds. The monoisotopic (exact) mass is 330 g/mol. The summed E-state index contributed by atoms with van der Waals surface area (Å²) >= 11 is 0. The van der Waals surface area contributed by atoms with Crippen LogP contribution in [0.3, 0.4) is 0 Å². The van der Waals surface area contributed by atoms with Crippen LogP contribution in [0.5, 0.6) is 0 Å². The predicted octanol–water partition coefficient (Wildman–Crippen LogP) is 6.26. The van der Waals surface area contributed by atoms with Crippen molar-refractivity contribution in [3.05, 3.63) is 0 Å². The Hall–Kier alpha value is -0.330. The molecule has 0 saturated heterocycles. The highest BCUT2D eigenvalue weighted by Crippen LogP contribution is 2.68. The number of fused-ring (bicyclic) bond motifs is 5. The van der Waals surface area contributed by atoms with E-state index in [1.807, 2.05) is 0 Å². The summed E-state index contributed by atoms with van der Waals surface area (Å²) in [5, 5.41) is 0. The highest BCUT2D eigenvalue weighted by molar-refractivity contribution is 5.79. The normalized spacial score (nSPS) is 52.3. The molecule has 0 aromatic carbocycles. The molecule has 0 heterocycles. The highest BCUT2D eigenvalue weighted by Gasteiger charge is 2.60. The number of carbonyl (C=O) groups excluding carboxylic acids is 1. The van der Waals surface area contributed by atoms with Crippen molar-refractivity contribution in [2.75, 3.05) is 0 Å². The molecule has 24 heavy (non-hydrogen) atoms. The number of Topliss-reactive ketones (excluding diaryl/α,β-unsaturated/α-hetero) is 1. The van der Waals surface area contributed by atoms with Crippen LogP contribution >= 0.6 is 0 Å². The molecular formula is C23H38O. The van der Waals surface area contributed by atoms with Crippen LogP contribution in [0.1, 0.15) is 91.9 Å². The Morgan fingerprint density at radius 2 is 1.75 bits per heavy atom. The van der Waals surface area contributed by atoms with E-state index in [1.54, 1.807) is 0 Å². The van der Waals surface area contributed by atoms with E-state index in [0.29, 0.717) is 22.5 Å². The summed E-state index contributed by atoms with van der Waals surface area (Å²) in [7, 11) is 0. The van der Waals surface area contributed by atoms with E-state index in [2.05, 4.69) is 27.7 Å². The smallest absolute Gasteiger partial charge is 0.133 e. The van der Waals surface area contributed by atoms with Crippen LogP contribution in [0.2, 0.25) is 0 Å². The molecule has 4 saturated carbocycles. The zero-order chi connectivity index (χ0) is 17.1. The number of hydrogen-bond acceptors (Lipinski definition) is 1. The van der Waals surface area contributed by atoms with Gasteiger partial charge in [0.05, 0.1) is 0 Å². The van der Waals surface area contributed by atoms with Gasteiger partial charge in [0.2, 0.25) is 0 Å². The van der Waals surface area contributed by atoms with E-state index in [9.17, 15) is 4.79 Å². The molecule has 0 aliphatic heterocycles. The highest BCUT2D eigenvalue weighted by atomic mass is 16.1. The first-order valence-electron chi connectivity index (χ1n) is 10.9. The first kappa shape index (κ1) is 17.1. The van der Waals surface area contributed by atoms with Gasteiger partial charge >= 0.3 is 0 Å². The molecule has 4 aliphatic carbocycles. The summed E-state index contributed by atoms with van der Waals surface area (Å²) in [6, 6.07) is 0. The van der Waals surface area contributed by atoms with E-state index >= 15 is 0 Å². The number of hydrogen-bond donors (Lipinski definition) is 0. The second kappa shape index (κ2) is 5.85.